The molecule has 3 atom stereocenters. The third-order valence-corrected chi connectivity index (χ3v) is 6.09. The van der Waals surface area contributed by atoms with E-state index in [4.69, 9.17) is 15.5 Å². The van der Waals surface area contributed by atoms with E-state index in [2.05, 4.69) is 18.7 Å². The van der Waals surface area contributed by atoms with Gasteiger partial charge in [0, 0.05) is 18.0 Å². The first kappa shape index (κ1) is 15.3. The van der Waals surface area contributed by atoms with Crippen molar-refractivity contribution in [1.29, 1.82) is 0 Å². The number of thiazole rings is 1. The minimum Gasteiger partial charge on any atom is -0.374 e. The molecule has 0 spiro atoms. The molecule has 1 saturated carbocycles. The molecule has 3 rings (SSSR count). The van der Waals surface area contributed by atoms with Crippen molar-refractivity contribution in [2.24, 2.45) is 5.73 Å². The Bertz CT molecular complexity index is 474. The lowest BCUT2D eigenvalue weighted by Gasteiger charge is -2.43. The molecule has 1 aliphatic carbocycles. The van der Waals surface area contributed by atoms with Crippen molar-refractivity contribution in [1.82, 2.24) is 4.98 Å². The summed E-state index contributed by atoms with van der Waals surface area (Å²) < 4.78 is 5.98. The zero-order valence-corrected chi connectivity index (χ0v) is 14.0. The third kappa shape index (κ3) is 2.96. The van der Waals surface area contributed by atoms with E-state index in [0.29, 0.717) is 24.6 Å². The van der Waals surface area contributed by atoms with Gasteiger partial charge in [0.1, 0.15) is 0 Å². The number of aromatic nitrogens is 1. The lowest BCUT2D eigenvalue weighted by atomic mass is 9.90. The van der Waals surface area contributed by atoms with E-state index < -0.39 is 0 Å². The van der Waals surface area contributed by atoms with Gasteiger partial charge >= 0.3 is 0 Å². The number of ether oxygens (including phenoxy) is 1. The second-order valence-corrected chi connectivity index (χ2v) is 7.33. The molecule has 1 aromatic rings. The van der Waals surface area contributed by atoms with E-state index in [1.165, 1.54) is 41.4 Å². The predicted octanol–water partition coefficient (Wildman–Crippen LogP) is 3.26. The minimum atomic E-state index is 0.407. The monoisotopic (exact) mass is 309 g/mol. The van der Waals surface area contributed by atoms with Crippen LogP contribution in [0.15, 0.2) is 0 Å². The Morgan fingerprint density at radius 2 is 2.24 bits per heavy atom. The van der Waals surface area contributed by atoms with E-state index in [-0.39, 0.29) is 0 Å². The average molecular weight is 309 g/mol. The van der Waals surface area contributed by atoms with Gasteiger partial charge in [-0.2, -0.15) is 0 Å². The van der Waals surface area contributed by atoms with E-state index in [1.807, 2.05) is 0 Å². The standard InChI is InChI=1S/C16H27N3OS/c1-3-11(2)15-14(10-17)21-16(18-15)19-8-9-20-13-7-5-4-6-12(13)19/h11-13H,3-10,17H2,1-2H3. The molecule has 21 heavy (non-hydrogen) atoms. The van der Waals surface area contributed by atoms with Crippen LogP contribution in [-0.2, 0) is 11.3 Å². The van der Waals surface area contributed by atoms with Gasteiger partial charge in [0.25, 0.3) is 0 Å². The van der Waals surface area contributed by atoms with Crippen LogP contribution in [0.4, 0.5) is 5.13 Å². The van der Waals surface area contributed by atoms with Crippen LogP contribution in [0.3, 0.4) is 0 Å². The van der Waals surface area contributed by atoms with Gasteiger partial charge in [-0.05, 0) is 25.2 Å². The van der Waals surface area contributed by atoms with Crippen LogP contribution in [0.25, 0.3) is 0 Å². The zero-order valence-electron chi connectivity index (χ0n) is 13.2. The Labute approximate surface area is 131 Å². The van der Waals surface area contributed by atoms with E-state index in [9.17, 15) is 0 Å². The molecular weight excluding hydrogens is 282 g/mol. The summed E-state index contributed by atoms with van der Waals surface area (Å²) in [4.78, 5) is 8.74. The molecule has 1 aliphatic heterocycles. The van der Waals surface area contributed by atoms with Crippen molar-refractivity contribution < 1.29 is 4.74 Å². The molecule has 2 heterocycles. The van der Waals surface area contributed by atoms with Crippen LogP contribution in [0.2, 0.25) is 0 Å². The molecule has 2 aliphatic rings. The SMILES string of the molecule is CCC(C)c1nc(N2CCOC3CCCCC32)sc1CN. The fraction of sp³-hybridized carbons (Fsp3) is 0.812. The van der Waals surface area contributed by atoms with Crippen molar-refractivity contribution in [2.45, 2.75) is 70.6 Å². The quantitative estimate of drug-likeness (QED) is 0.927. The molecular formula is C16H27N3OS. The Kier molecular flexibility index (Phi) is 4.82. The topological polar surface area (TPSA) is 51.4 Å². The first-order valence-corrected chi connectivity index (χ1v) is 9.14. The fourth-order valence-corrected chi connectivity index (χ4v) is 4.68. The van der Waals surface area contributed by atoms with Gasteiger partial charge < -0.3 is 15.4 Å². The van der Waals surface area contributed by atoms with Gasteiger partial charge in [0.2, 0.25) is 0 Å². The lowest BCUT2D eigenvalue weighted by Crippen LogP contribution is -2.52. The Balaban J connectivity index is 1.86. The lowest BCUT2D eigenvalue weighted by molar-refractivity contribution is -0.00870. The van der Waals surface area contributed by atoms with Crippen LogP contribution in [0.5, 0.6) is 0 Å². The summed E-state index contributed by atoms with van der Waals surface area (Å²) in [6.07, 6.45) is 6.58. The Hall–Kier alpha value is -0.650. The van der Waals surface area contributed by atoms with Crippen molar-refractivity contribution in [3.05, 3.63) is 10.6 Å². The second-order valence-electron chi connectivity index (χ2n) is 6.27. The molecule has 0 amide bonds. The van der Waals surface area contributed by atoms with Crippen molar-refractivity contribution >= 4 is 16.5 Å². The average Bonchev–Trinajstić information content (AvgIpc) is 2.97. The molecule has 3 unspecified atom stereocenters. The van der Waals surface area contributed by atoms with Crippen LogP contribution >= 0.6 is 11.3 Å². The Morgan fingerprint density at radius 3 is 3.00 bits per heavy atom. The number of hydrogen-bond donors (Lipinski definition) is 1. The maximum Gasteiger partial charge on any atom is 0.186 e. The molecule has 0 aromatic carbocycles. The van der Waals surface area contributed by atoms with E-state index >= 15 is 0 Å². The van der Waals surface area contributed by atoms with Gasteiger partial charge in [0.15, 0.2) is 5.13 Å². The number of nitrogens with two attached hydrogens (primary N) is 1. The highest BCUT2D eigenvalue weighted by Gasteiger charge is 2.36. The summed E-state index contributed by atoms with van der Waals surface area (Å²) in [6.45, 7) is 6.88. The van der Waals surface area contributed by atoms with Gasteiger partial charge in [-0.15, -0.1) is 11.3 Å². The highest BCUT2D eigenvalue weighted by molar-refractivity contribution is 7.15. The maximum absolute atomic E-state index is 5.98. The van der Waals surface area contributed by atoms with Gasteiger partial charge in [-0.1, -0.05) is 26.7 Å². The van der Waals surface area contributed by atoms with E-state index in [0.717, 1.165) is 19.6 Å². The second kappa shape index (κ2) is 6.63. The fourth-order valence-electron chi connectivity index (χ4n) is 3.53. The third-order valence-electron chi connectivity index (χ3n) is 4.96. The number of rotatable bonds is 4. The molecule has 118 valence electrons. The van der Waals surface area contributed by atoms with Crippen molar-refractivity contribution in [3.8, 4) is 0 Å². The summed E-state index contributed by atoms with van der Waals surface area (Å²) in [5, 5.41) is 1.17. The molecule has 2 N–H and O–H groups in total. The first-order chi connectivity index (χ1) is 10.2. The first-order valence-electron chi connectivity index (χ1n) is 8.32. The van der Waals surface area contributed by atoms with Gasteiger partial charge in [-0.3, -0.25) is 0 Å². The minimum absolute atomic E-state index is 0.407. The van der Waals surface area contributed by atoms with Gasteiger partial charge in [0.05, 0.1) is 24.4 Å². The van der Waals surface area contributed by atoms with Crippen LogP contribution in [0.1, 0.15) is 62.4 Å². The highest BCUT2D eigenvalue weighted by atomic mass is 32.1. The van der Waals surface area contributed by atoms with Crippen molar-refractivity contribution in [3.63, 3.8) is 0 Å². The highest BCUT2D eigenvalue weighted by Crippen LogP contribution is 2.37. The smallest absolute Gasteiger partial charge is 0.186 e. The number of morpholine rings is 1. The molecule has 0 bridgehead atoms. The largest absolute Gasteiger partial charge is 0.374 e. The summed E-state index contributed by atoms with van der Waals surface area (Å²) in [6, 6.07) is 0.522. The van der Waals surface area contributed by atoms with Crippen LogP contribution in [0, 0.1) is 0 Å². The number of nitrogens with zero attached hydrogens (tertiary/aromatic N) is 2. The molecule has 1 saturated heterocycles. The molecule has 0 radical (unpaired) electrons. The summed E-state index contributed by atoms with van der Waals surface area (Å²) in [7, 11) is 0. The molecule has 2 fully saturated rings. The molecule has 4 nitrogen and oxygen atoms in total. The molecule has 5 heteroatoms. The number of fused-ring (bicyclic) bond motifs is 1. The molecule has 1 aromatic heterocycles. The number of hydrogen-bond acceptors (Lipinski definition) is 5. The van der Waals surface area contributed by atoms with Crippen molar-refractivity contribution in [2.75, 3.05) is 18.1 Å². The summed E-state index contributed by atoms with van der Waals surface area (Å²) in [5.41, 5.74) is 7.17. The summed E-state index contributed by atoms with van der Waals surface area (Å²) >= 11 is 1.80. The van der Waals surface area contributed by atoms with E-state index in [1.54, 1.807) is 11.3 Å². The Morgan fingerprint density at radius 1 is 1.43 bits per heavy atom. The maximum atomic E-state index is 5.98. The number of anilines is 1. The van der Waals surface area contributed by atoms with Gasteiger partial charge in [-0.25, -0.2) is 4.98 Å². The zero-order chi connectivity index (χ0) is 14.8. The van der Waals surface area contributed by atoms with Crippen LogP contribution in [-0.4, -0.2) is 30.3 Å². The normalized spacial score (nSPS) is 27.5. The predicted molar refractivity (Wildman–Crippen MR) is 88.1 cm³/mol. The van der Waals surface area contributed by atoms with Crippen LogP contribution < -0.4 is 10.6 Å². The summed E-state index contributed by atoms with van der Waals surface area (Å²) in [5.74, 6) is 0.497.